The van der Waals surface area contributed by atoms with Gasteiger partial charge in [-0.2, -0.15) is 0 Å². The normalized spacial score (nSPS) is 27.7. The number of hydrogen-bond donors (Lipinski definition) is 5. The third-order valence-corrected chi connectivity index (χ3v) is 5.76. The number of hydrogen-bond acceptors (Lipinski definition) is 9. The Bertz CT molecular complexity index is 824. The second kappa shape index (κ2) is 8.78. The number of anilines is 2. The number of nitrogens with one attached hydrogen (secondary N) is 2. The summed E-state index contributed by atoms with van der Waals surface area (Å²) in [6.45, 7) is 2.42. The summed E-state index contributed by atoms with van der Waals surface area (Å²) in [5.74, 6) is 1.16. The highest BCUT2D eigenvalue weighted by Gasteiger charge is 2.45. The predicted octanol–water partition coefficient (Wildman–Crippen LogP) is 1.00. The maximum Gasteiger partial charge on any atom is 0.207 e. The van der Waals surface area contributed by atoms with Crippen molar-refractivity contribution < 1.29 is 20.1 Å². The van der Waals surface area contributed by atoms with E-state index in [-0.39, 0.29) is 6.61 Å². The Balaban J connectivity index is 1.73. The van der Waals surface area contributed by atoms with E-state index in [0.717, 1.165) is 25.7 Å². The molecule has 1 saturated carbocycles. The van der Waals surface area contributed by atoms with Gasteiger partial charge in [-0.3, -0.25) is 4.57 Å². The Labute approximate surface area is 169 Å². The van der Waals surface area contributed by atoms with E-state index in [1.54, 1.807) is 4.57 Å². The Morgan fingerprint density at radius 3 is 2.69 bits per heavy atom. The second-order valence-corrected chi connectivity index (χ2v) is 7.83. The summed E-state index contributed by atoms with van der Waals surface area (Å²) in [5.41, 5.74) is 1.10. The van der Waals surface area contributed by atoms with Crippen molar-refractivity contribution in [3.05, 3.63) is 6.33 Å². The molecule has 2 aliphatic rings. The van der Waals surface area contributed by atoms with Gasteiger partial charge in [0.15, 0.2) is 23.2 Å². The third-order valence-electron chi connectivity index (χ3n) is 5.76. The summed E-state index contributed by atoms with van der Waals surface area (Å²) in [5, 5.41) is 37.0. The monoisotopic (exact) mass is 406 g/mol. The van der Waals surface area contributed by atoms with Crippen LogP contribution in [0.15, 0.2) is 6.33 Å². The maximum atomic E-state index is 10.6. The molecule has 0 spiro atoms. The molecule has 2 aromatic rings. The van der Waals surface area contributed by atoms with Crippen molar-refractivity contribution >= 4 is 22.9 Å². The van der Waals surface area contributed by atoms with Crippen molar-refractivity contribution in [2.45, 2.75) is 76.0 Å². The van der Waals surface area contributed by atoms with Crippen LogP contribution >= 0.6 is 0 Å². The molecule has 1 aliphatic heterocycles. The fraction of sp³-hybridized carbons (Fsp3) is 0.737. The van der Waals surface area contributed by atoms with E-state index in [4.69, 9.17) is 9.72 Å². The maximum absolute atomic E-state index is 10.6. The SMILES string of the molecule is CCCCNc1nc2c(NC3CCCC3)ncnc2n1C1OC(CO)C(O)C1O. The lowest BCUT2D eigenvalue weighted by molar-refractivity contribution is -0.0501. The van der Waals surface area contributed by atoms with Crippen molar-refractivity contribution in [2.24, 2.45) is 0 Å². The van der Waals surface area contributed by atoms with E-state index >= 15 is 0 Å². The minimum Gasteiger partial charge on any atom is -0.394 e. The molecule has 1 aliphatic carbocycles. The molecule has 5 N–H and O–H groups in total. The van der Waals surface area contributed by atoms with Gasteiger partial charge in [0, 0.05) is 12.6 Å². The van der Waals surface area contributed by atoms with Crippen molar-refractivity contribution in [3.8, 4) is 0 Å². The van der Waals surface area contributed by atoms with Gasteiger partial charge in [-0.25, -0.2) is 15.0 Å². The average molecular weight is 406 g/mol. The van der Waals surface area contributed by atoms with Crippen LogP contribution in [0.3, 0.4) is 0 Å². The number of ether oxygens (including phenoxy) is 1. The lowest BCUT2D eigenvalue weighted by Gasteiger charge is -2.19. The molecular weight excluding hydrogens is 376 g/mol. The Morgan fingerprint density at radius 1 is 1.21 bits per heavy atom. The number of aliphatic hydroxyl groups excluding tert-OH is 3. The Kier molecular flexibility index (Phi) is 6.14. The van der Waals surface area contributed by atoms with Gasteiger partial charge in [-0.15, -0.1) is 0 Å². The molecule has 10 heteroatoms. The van der Waals surface area contributed by atoms with E-state index in [1.807, 2.05) is 0 Å². The first kappa shape index (κ1) is 20.3. The van der Waals surface area contributed by atoms with Gasteiger partial charge in [0.25, 0.3) is 0 Å². The van der Waals surface area contributed by atoms with Gasteiger partial charge in [-0.05, 0) is 19.3 Å². The number of unbranched alkanes of at least 4 members (excludes halogenated alkanes) is 1. The molecule has 4 rings (SSSR count). The van der Waals surface area contributed by atoms with Gasteiger partial charge in [0.1, 0.15) is 24.6 Å². The molecule has 2 aromatic heterocycles. The van der Waals surface area contributed by atoms with Gasteiger partial charge in [0.05, 0.1) is 6.61 Å². The Morgan fingerprint density at radius 2 is 2.00 bits per heavy atom. The number of nitrogens with zero attached hydrogens (tertiary/aromatic N) is 4. The summed E-state index contributed by atoms with van der Waals surface area (Å²) in [6.07, 6.45) is 3.87. The minimum absolute atomic E-state index is 0.365. The number of aromatic nitrogens is 4. The number of rotatable bonds is 8. The average Bonchev–Trinajstić information content (AvgIpc) is 3.42. The van der Waals surface area contributed by atoms with Crippen LogP contribution in [0.25, 0.3) is 11.2 Å². The van der Waals surface area contributed by atoms with Crippen LogP contribution in [-0.2, 0) is 4.74 Å². The van der Waals surface area contributed by atoms with Crippen LogP contribution in [0.5, 0.6) is 0 Å². The van der Waals surface area contributed by atoms with E-state index < -0.39 is 24.5 Å². The smallest absolute Gasteiger partial charge is 0.207 e. The van der Waals surface area contributed by atoms with Crippen LogP contribution in [0.4, 0.5) is 11.8 Å². The summed E-state index contributed by atoms with van der Waals surface area (Å²) < 4.78 is 7.42. The molecule has 0 aromatic carbocycles. The third kappa shape index (κ3) is 3.89. The molecule has 4 unspecified atom stereocenters. The predicted molar refractivity (Wildman–Crippen MR) is 108 cm³/mol. The van der Waals surface area contributed by atoms with Gasteiger partial charge < -0.3 is 30.7 Å². The molecular formula is C19H30N6O4. The minimum atomic E-state index is -1.21. The van der Waals surface area contributed by atoms with Gasteiger partial charge in [0.2, 0.25) is 5.95 Å². The van der Waals surface area contributed by atoms with Gasteiger partial charge >= 0.3 is 0 Å². The number of imidazole rings is 1. The summed E-state index contributed by atoms with van der Waals surface area (Å²) in [4.78, 5) is 13.5. The van der Waals surface area contributed by atoms with Crippen LogP contribution in [0.1, 0.15) is 51.7 Å². The second-order valence-electron chi connectivity index (χ2n) is 7.83. The lowest BCUT2D eigenvalue weighted by atomic mass is 10.1. The van der Waals surface area contributed by atoms with E-state index in [2.05, 4.69) is 27.5 Å². The fourth-order valence-corrected chi connectivity index (χ4v) is 4.11. The highest BCUT2D eigenvalue weighted by Crippen LogP contribution is 2.36. The van der Waals surface area contributed by atoms with Crippen LogP contribution < -0.4 is 10.6 Å². The highest BCUT2D eigenvalue weighted by atomic mass is 16.6. The molecule has 0 bridgehead atoms. The largest absolute Gasteiger partial charge is 0.394 e. The fourth-order valence-electron chi connectivity index (χ4n) is 4.11. The molecule has 29 heavy (non-hydrogen) atoms. The topological polar surface area (TPSA) is 138 Å². The zero-order valence-corrected chi connectivity index (χ0v) is 16.7. The highest BCUT2D eigenvalue weighted by molar-refractivity contribution is 5.85. The molecule has 3 heterocycles. The van der Waals surface area contributed by atoms with E-state index in [9.17, 15) is 15.3 Å². The van der Waals surface area contributed by atoms with Crippen molar-refractivity contribution in [1.82, 2.24) is 19.5 Å². The first-order valence-corrected chi connectivity index (χ1v) is 10.5. The first-order chi connectivity index (χ1) is 14.1. The molecule has 4 atom stereocenters. The lowest BCUT2D eigenvalue weighted by Crippen LogP contribution is -2.33. The number of aliphatic hydroxyl groups is 3. The Hall–Kier alpha value is -2.01. The zero-order valence-electron chi connectivity index (χ0n) is 16.7. The summed E-state index contributed by atoms with van der Waals surface area (Å²) in [6, 6.07) is 0.365. The number of fused-ring (bicyclic) bond motifs is 1. The standard InChI is InChI=1S/C19H30N6O4/c1-2-3-8-20-19-24-13-16(23-11-6-4-5-7-11)21-10-22-17(13)25(19)18-15(28)14(27)12(9-26)29-18/h10-12,14-15,18,26-28H,2-9H2,1H3,(H,20,24)(H,21,22,23). The molecule has 0 amide bonds. The van der Waals surface area contributed by atoms with E-state index in [0.29, 0.717) is 35.5 Å². The summed E-state index contributed by atoms with van der Waals surface area (Å²) in [7, 11) is 0. The van der Waals surface area contributed by atoms with Crippen molar-refractivity contribution in [1.29, 1.82) is 0 Å². The van der Waals surface area contributed by atoms with Crippen LogP contribution in [0.2, 0.25) is 0 Å². The first-order valence-electron chi connectivity index (χ1n) is 10.5. The quantitative estimate of drug-likeness (QED) is 0.407. The molecule has 0 radical (unpaired) electrons. The molecule has 10 nitrogen and oxygen atoms in total. The molecule has 2 fully saturated rings. The van der Waals surface area contributed by atoms with Gasteiger partial charge in [-0.1, -0.05) is 26.2 Å². The van der Waals surface area contributed by atoms with E-state index in [1.165, 1.54) is 19.2 Å². The summed E-state index contributed by atoms with van der Waals surface area (Å²) >= 11 is 0. The molecule has 160 valence electrons. The zero-order chi connectivity index (χ0) is 20.4. The van der Waals surface area contributed by atoms with Crippen LogP contribution in [-0.4, -0.2) is 72.3 Å². The van der Waals surface area contributed by atoms with Crippen molar-refractivity contribution in [3.63, 3.8) is 0 Å². The molecule has 1 saturated heterocycles. The van der Waals surface area contributed by atoms with Crippen molar-refractivity contribution in [2.75, 3.05) is 23.8 Å². The van der Waals surface area contributed by atoms with Crippen LogP contribution in [0, 0.1) is 0 Å².